The number of hydrogen-bond donors (Lipinski definition) is 2. The van der Waals surface area contributed by atoms with E-state index in [2.05, 4.69) is 51.7 Å². The fraction of sp³-hybridized carbons (Fsp3) is 0.375. The molecule has 19 heavy (non-hydrogen) atoms. The second kappa shape index (κ2) is 4.42. The fourth-order valence-corrected chi connectivity index (χ4v) is 3.33. The standard InChI is InChI=1S/C16H19N3/c1-2-4-15-13(3-1)14-11-19(10-7-16(14)18-15)12-5-8-17-9-6-12/h1-4,7,10,12,17-18H,5-6,8-9,11H2. The van der Waals surface area contributed by atoms with Gasteiger partial charge in [-0.25, -0.2) is 0 Å². The molecule has 0 bridgehead atoms. The van der Waals surface area contributed by atoms with Crippen molar-refractivity contribution < 1.29 is 0 Å². The normalized spacial score (nSPS) is 19.9. The number of benzene rings is 1. The molecule has 0 radical (unpaired) electrons. The molecule has 0 atom stereocenters. The van der Waals surface area contributed by atoms with Crippen molar-refractivity contribution in [3.8, 4) is 0 Å². The Morgan fingerprint density at radius 2 is 1.95 bits per heavy atom. The number of nitrogens with one attached hydrogen (secondary N) is 2. The first kappa shape index (κ1) is 11.1. The van der Waals surface area contributed by atoms with Crippen LogP contribution in [0.25, 0.3) is 17.0 Å². The summed E-state index contributed by atoms with van der Waals surface area (Å²) in [5.74, 6) is 0. The van der Waals surface area contributed by atoms with Gasteiger partial charge >= 0.3 is 0 Å². The van der Waals surface area contributed by atoms with Crippen LogP contribution in [-0.2, 0) is 6.54 Å². The summed E-state index contributed by atoms with van der Waals surface area (Å²) in [5.41, 5.74) is 3.99. The molecule has 1 fully saturated rings. The Morgan fingerprint density at radius 1 is 1.11 bits per heavy atom. The highest BCUT2D eigenvalue weighted by Gasteiger charge is 2.23. The highest BCUT2D eigenvalue weighted by atomic mass is 15.2. The summed E-state index contributed by atoms with van der Waals surface area (Å²) < 4.78 is 0. The van der Waals surface area contributed by atoms with Crippen molar-refractivity contribution in [3.63, 3.8) is 0 Å². The van der Waals surface area contributed by atoms with Crippen molar-refractivity contribution >= 4 is 17.0 Å². The van der Waals surface area contributed by atoms with Gasteiger partial charge in [-0.2, -0.15) is 0 Å². The summed E-state index contributed by atoms with van der Waals surface area (Å²) >= 11 is 0. The Hall–Kier alpha value is -1.74. The molecule has 1 aromatic heterocycles. The zero-order valence-electron chi connectivity index (χ0n) is 11.0. The van der Waals surface area contributed by atoms with Gasteiger partial charge in [-0.1, -0.05) is 18.2 Å². The van der Waals surface area contributed by atoms with Crippen LogP contribution >= 0.6 is 0 Å². The number of nitrogens with zero attached hydrogens (tertiary/aromatic N) is 1. The predicted octanol–water partition coefficient (Wildman–Crippen LogP) is 2.71. The van der Waals surface area contributed by atoms with Crippen molar-refractivity contribution in [1.29, 1.82) is 0 Å². The number of hydrogen-bond acceptors (Lipinski definition) is 2. The molecule has 2 aromatic rings. The predicted molar refractivity (Wildman–Crippen MR) is 78.8 cm³/mol. The largest absolute Gasteiger partial charge is 0.370 e. The maximum Gasteiger partial charge on any atom is 0.0462 e. The van der Waals surface area contributed by atoms with Gasteiger partial charge in [0.1, 0.15) is 0 Å². The summed E-state index contributed by atoms with van der Waals surface area (Å²) in [5, 5.41) is 4.82. The zero-order chi connectivity index (χ0) is 12.7. The van der Waals surface area contributed by atoms with E-state index in [1.54, 1.807) is 0 Å². The highest BCUT2D eigenvalue weighted by molar-refractivity contribution is 5.87. The second-order valence-electron chi connectivity index (χ2n) is 5.53. The van der Waals surface area contributed by atoms with E-state index in [1.807, 2.05) is 0 Å². The van der Waals surface area contributed by atoms with Crippen LogP contribution in [0.5, 0.6) is 0 Å². The van der Waals surface area contributed by atoms with Gasteiger partial charge in [-0.05, 0) is 38.1 Å². The summed E-state index contributed by atoms with van der Waals surface area (Å²) in [6.45, 7) is 3.34. The number of aromatic nitrogens is 1. The van der Waals surface area contributed by atoms with E-state index in [9.17, 15) is 0 Å². The zero-order valence-corrected chi connectivity index (χ0v) is 11.0. The van der Waals surface area contributed by atoms with Crippen LogP contribution in [0.1, 0.15) is 24.1 Å². The van der Waals surface area contributed by atoms with E-state index in [-0.39, 0.29) is 0 Å². The minimum absolute atomic E-state index is 0.694. The number of rotatable bonds is 1. The van der Waals surface area contributed by atoms with Gasteiger partial charge in [0.05, 0.1) is 0 Å². The van der Waals surface area contributed by atoms with Crippen LogP contribution in [0.2, 0.25) is 0 Å². The van der Waals surface area contributed by atoms with Gasteiger partial charge in [0.15, 0.2) is 0 Å². The van der Waals surface area contributed by atoms with Crippen molar-refractivity contribution in [1.82, 2.24) is 15.2 Å². The molecule has 98 valence electrons. The van der Waals surface area contributed by atoms with E-state index >= 15 is 0 Å². The van der Waals surface area contributed by atoms with Crippen LogP contribution in [0.4, 0.5) is 0 Å². The summed E-state index contributed by atoms with van der Waals surface area (Å²) in [6, 6.07) is 9.31. The third-order valence-corrected chi connectivity index (χ3v) is 4.40. The van der Waals surface area contributed by atoms with Crippen molar-refractivity contribution in [2.45, 2.75) is 25.4 Å². The molecule has 2 aliphatic rings. The van der Waals surface area contributed by atoms with Gasteiger partial charge in [0, 0.05) is 40.9 Å². The minimum atomic E-state index is 0.694. The van der Waals surface area contributed by atoms with Gasteiger partial charge in [0.2, 0.25) is 0 Å². The smallest absolute Gasteiger partial charge is 0.0462 e. The first-order valence-electron chi connectivity index (χ1n) is 7.16. The third kappa shape index (κ3) is 1.85. The van der Waals surface area contributed by atoms with Crippen LogP contribution in [0, 0.1) is 0 Å². The van der Waals surface area contributed by atoms with E-state index in [4.69, 9.17) is 0 Å². The molecule has 0 unspecified atom stereocenters. The minimum Gasteiger partial charge on any atom is -0.370 e. The second-order valence-corrected chi connectivity index (χ2v) is 5.53. The molecule has 3 heteroatoms. The van der Waals surface area contributed by atoms with Crippen molar-refractivity contribution in [3.05, 3.63) is 41.7 Å². The fourth-order valence-electron chi connectivity index (χ4n) is 3.33. The average molecular weight is 253 g/mol. The molecular formula is C16H19N3. The highest BCUT2D eigenvalue weighted by Crippen LogP contribution is 2.30. The van der Waals surface area contributed by atoms with Crippen LogP contribution < -0.4 is 5.32 Å². The Labute approximate surface area is 113 Å². The molecule has 0 amide bonds. The summed E-state index contributed by atoms with van der Waals surface area (Å²) in [6.07, 6.45) is 7.01. The molecule has 1 saturated heterocycles. The molecule has 0 spiro atoms. The lowest BCUT2D eigenvalue weighted by molar-refractivity contribution is 0.218. The first-order valence-corrected chi connectivity index (χ1v) is 7.16. The van der Waals surface area contributed by atoms with Crippen LogP contribution in [0.3, 0.4) is 0 Å². The van der Waals surface area contributed by atoms with Crippen LogP contribution in [-0.4, -0.2) is 29.0 Å². The number of H-pyrrole nitrogens is 1. The van der Waals surface area contributed by atoms with Crippen molar-refractivity contribution in [2.75, 3.05) is 13.1 Å². The molecule has 3 nitrogen and oxygen atoms in total. The Balaban J connectivity index is 1.68. The molecule has 0 saturated carbocycles. The molecule has 4 rings (SSSR count). The lowest BCUT2D eigenvalue weighted by atomic mass is 10.0. The molecule has 2 N–H and O–H groups in total. The molecule has 2 aliphatic heterocycles. The van der Waals surface area contributed by atoms with E-state index in [0.717, 1.165) is 19.6 Å². The Morgan fingerprint density at radius 3 is 2.84 bits per heavy atom. The van der Waals surface area contributed by atoms with Gasteiger partial charge in [-0.15, -0.1) is 0 Å². The SMILES string of the molecule is C1=CN(C2CCNCC2)Cc2c1[nH]c1ccccc21. The quantitative estimate of drug-likeness (QED) is 0.818. The monoisotopic (exact) mass is 253 g/mol. The topological polar surface area (TPSA) is 31.1 Å². The van der Waals surface area contributed by atoms with E-state index in [0.29, 0.717) is 6.04 Å². The number of fused-ring (bicyclic) bond motifs is 3. The third-order valence-electron chi connectivity index (χ3n) is 4.40. The molecule has 3 heterocycles. The van der Waals surface area contributed by atoms with Crippen molar-refractivity contribution in [2.24, 2.45) is 0 Å². The van der Waals surface area contributed by atoms with E-state index < -0.39 is 0 Å². The lowest BCUT2D eigenvalue weighted by Crippen LogP contribution is -2.40. The van der Waals surface area contributed by atoms with Gasteiger partial charge in [0.25, 0.3) is 0 Å². The number of para-hydroxylation sites is 1. The molecule has 1 aromatic carbocycles. The van der Waals surface area contributed by atoms with E-state index in [1.165, 1.54) is 35.0 Å². The first-order chi connectivity index (χ1) is 9.42. The molecular weight excluding hydrogens is 234 g/mol. The Kier molecular flexibility index (Phi) is 2.59. The van der Waals surface area contributed by atoms with Gasteiger partial charge in [-0.3, -0.25) is 0 Å². The summed E-state index contributed by atoms with van der Waals surface area (Å²) in [7, 11) is 0. The average Bonchev–Trinajstić information content (AvgIpc) is 2.86. The number of piperidine rings is 1. The van der Waals surface area contributed by atoms with Gasteiger partial charge < -0.3 is 15.2 Å². The molecule has 0 aliphatic carbocycles. The lowest BCUT2D eigenvalue weighted by Gasteiger charge is -2.35. The maximum atomic E-state index is 3.51. The summed E-state index contributed by atoms with van der Waals surface area (Å²) in [4.78, 5) is 6.03. The maximum absolute atomic E-state index is 3.51. The number of aromatic amines is 1. The Bertz CT molecular complexity index is 620. The van der Waals surface area contributed by atoms with Crippen LogP contribution in [0.15, 0.2) is 30.5 Å².